The molecule has 0 radical (unpaired) electrons. The van der Waals surface area contributed by atoms with Crippen molar-refractivity contribution in [3.05, 3.63) is 83.3 Å². The molecule has 2 N–H and O–H groups in total. The Morgan fingerprint density at radius 1 is 1.06 bits per heavy atom. The lowest BCUT2D eigenvalue weighted by Gasteiger charge is -2.16. The molecule has 9 heteroatoms. The number of rotatable bonds is 6. The third-order valence-corrected chi connectivity index (χ3v) is 6.16. The van der Waals surface area contributed by atoms with Crippen molar-refractivity contribution in [3.63, 3.8) is 0 Å². The van der Waals surface area contributed by atoms with Crippen LogP contribution in [0.25, 0.3) is 0 Å². The van der Waals surface area contributed by atoms with Gasteiger partial charge in [-0.05, 0) is 60.0 Å². The molecular formula is C22H21N3O5S. The number of carbonyl (C=O) groups is 2. The fraction of sp³-hybridized carbons (Fsp3) is 0.182. The van der Waals surface area contributed by atoms with Gasteiger partial charge in [0.15, 0.2) is 5.76 Å². The van der Waals surface area contributed by atoms with Crippen LogP contribution in [0.2, 0.25) is 0 Å². The summed E-state index contributed by atoms with van der Waals surface area (Å²) < 4.78 is 30.1. The molecule has 0 unspecified atom stereocenters. The van der Waals surface area contributed by atoms with E-state index in [1.165, 1.54) is 16.8 Å². The Morgan fingerprint density at radius 2 is 1.90 bits per heavy atom. The molecule has 0 aliphatic carbocycles. The lowest BCUT2D eigenvalue weighted by molar-refractivity contribution is 0.0949. The highest BCUT2D eigenvalue weighted by Gasteiger charge is 2.26. The lowest BCUT2D eigenvalue weighted by Crippen LogP contribution is -2.27. The predicted molar refractivity (Wildman–Crippen MR) is 117 cm³/mol. The number of fused-ring (bicyclic) bond motifs is 1. The van der Waals surface area contributed by atoms with Crippen molar-refractivity contribution in [2.24, 2.45) is 0 Å². The zero-order chi connectivity index (χ0) is 22.0. The predicted octanol–water partition coefficient (Wildman–Crippen LogP) is 2.78. The number of benzene rings is 2. The summed E-state index contributed by atoms with van der Waals surface area (Å²) >= 11 is 0. The van der Waals surface area contributed by atoms with E-state index < -0.39 is 10.0 Å². The molecule has 0 atom stereocenters. The van der Waals surface area contributed by atoms with Crippen LogP contribution in [-0.2, 0) is 23.0 Å². The minimum Gasteiger partial charge on any atom is -0.459 e. The first-order valence-electron chi connectivity index (χ1n) is 9.64. The molecule has 1 aliphatic rings. The fourth-order valence-electron chi connectivity index (χ4n) is 3.50. The Bertz CT molecular complexity index is 1240. The van der Waals surface area contributed by atoms with Crippen LogP contribution < -0.4 is 14.9 Å². The molecule has 2 heterocycles. The third kappa shape index (κ3) is 4.61. The highest BCUT2D eigenvalue weighted by Crippen LogP contribution is 2.30. The zero-order valence-electron chi connectivity index (χ0n) is 16.8. The summed E-state index contributed by atoms with van der Waals surface area (Å²) in [5, 5.41) is 5.60. The smallest absolute Gasteiger partial charge is 0.291 e. The van der Waals surface area contributed by atoms with Gasteiger partial charge in [0.25, 0.3) is 11.8 Å². The van der Waals surface area contributed by atoms with Gasteiger partial charge in [0.2, 0.25) is 10.0 Å². The third-order valence-electron chi connectivity index (χ3n) is 4.98. The largest absolute Gasteiger partial charge is 0.459 e. The van der Waals surface area contributed by atoms with Gasteiger partial charge >= 0.3 is 0 Å². The average Bonchev–Trinajstić information content (AvgIpc) is 3.41. The monoisotopic (exact) mass is 439 g/mol. The molecule has 8 nitrogen and oxygen atoms in total. The van der Waals surface area contributed by atoms with E-state index in [1.54, 1.807) is 48.5 Å². The molecule has 0 saturated carbocycles. The van der Waals surface area contributed by atoms with Gasteiger partial charge in [-0.2, -0.15) is 0 Å². The number of hydrogen-bond donors (Lipinski definition) is 2. The molecule has 3 aromatic rings. The Labute approximate surface area is 179 Å². The number of carbonyl (C=O) groups excluding carboxylic acids is 2. The van der Waals surface area contributed by atoms with Gasteiger partial charge in [-0.15, -0.1) is 0 Å². The van der Waals surface area contributed by atoms with Crippen LogP contribution in [-0.4, -0.2) is 33.0 Å². The molecule has 4 rings (SSSR count). The SMILES string of the molecule is CS(=O)(=O)N1CCc2cc(C(=O)NCc3cccc(NC(=O)c4ccco4)c3)ccc21. The topological polar surface area (TPSA) is 109 Å². The van der Waals surface area contributed by atoms with Gasteiger partial charge in [0.05, 0.1) is 18.2 Å². The van der Waals surface area contributed by atoms with E-state index in [4.69, 9.17) is 4.42 Å². The maximum atomic E-state index is 12.6. The number of sulfonamides is 1. The molecule has 0 spiro atoms. The van der Waals surface area contributed by atoms with Crippen LogP contribution in [0.3, 0.4) is 0 Å². The van der Waals surface area contributed by atoms with E-state index in [2.05, 4.69) is 10.6 Å². The Kier molecular flexibility index (Phi) is 5.51. The van der Waals surface area contributed by atoms with Crippen molar-refractivity contribution >= 4 is 33.2 Å². The Hall–Kier alpha value is -3.59. The lowest BCUT2D eigenvalue weighted by atomic mass is 10.1. The highest BCUT2D eigenvalue weighted by atomic mass is 32.2. The standard InChI is InChI=1S/C22H21N3O5S/c1-31(28,29)25-10-9-16-13-17(7-8-19(16)25)21(26)23-14-15-4-2-5-18(12-15)24-22(27)20-6-3-11-30-20/h2-8,11-13H,9-10,14H2,1H3,(H,23,26)(H,24,27). The summed E-state index contributed by atoms with van der Waals surface area (Å²) in [6, 6.07) is 15.4. The molecule has 160 valence electrons. The van der Waals surface area contributed by atoms with Crippen molar-refractivity contribution in [1.29, 1.82) is 0 Å². The molecular weight excluding hydrogens is 418 g/mol. The van der Waals surface area contributed by atoms with Crippen LogP contribution in [0.15, 0.2) is 65.3 Å². The molecule has 1 aliphatic heterocycles. The first-order chi connectivity index (χ1) is 14.8. The number of nitrogens with one attached hydrogen (secondary N) is 2. The summed E-state index contributed by atoms with van der Waals surface area (Å²) in [6.07, 6.45) is 3.17. The second-order valence-electron chi connectivity index (χ2n) is 7.24. The second kappa shape index (κ2) is 8.27. The number of amides is 2. The van der Waals surface area contributed by atoms with E-state index in [0.29, 0.717) is 29.9 Å². The molecule has 1 aromatic heterocycles. The Balaban J connectivity index is 1.40. The number of hydrogen-bond acceptors (Lipinski definition) is 5. The zero-order valence-corrected chi connectivity index (χ0v) is 17.6. The Morgan fingerprint density at radius 3 is 2.65 bits per heavy atom. The van der Waals surface area contributed by atoms with E-state index >= 15 is 0 Å². The van der Waals surface area contributed by atoms with Gasteiger partial charge in [-0.25, -0.2) is 8.42 Å². The van der Waals surface area contributed by atoms with Crippen LogP contribution in [0.4, 0.5) is 11.4 Å². The fourth-order valence-corrected chi connectivity index (χ4v) is 4.46. The van der Waals surface area contributed by atoms with Crippen molar-refractivity contribution in [2.45, 2.75) is 13.0 Å². The van der Waals surface area contributed by atoms with E-state index in [1.807, 2.05) is 6.07 Å². The molecule has 0 fully saturated rings. The molecule has 0 bridgehead atoms. The molecule has 0 saturated heterocycles. The minimum atomic E-state index is -3.33. The summed E-state index contributed by atoms with van der Waals surface area (Å²) in [6.45, 7) is 0.658. The molecule has 31 heavy (non-hydrogen) atoms. The summed E-state index contributed by atoms with van der Waals surface area (Å²) in [7, 11) is -3.33. The molecule has 2 aromatic carbocycles. The van der Waals surface area contributed by atoms with Gasteiger partial charge in [-0.1, -0.05) is 12.1 Å². The van der Waals surface area contributed by atoms with E-state index in [9.17, 15) is 18.0 Å². The summed E-state index contributed by atoms with van der Waals surface area (Å²) in [4.78, 5) is 24.7. The van der Waals surface area contributed by atoms with Crippen molar-refractivity contribution in [1.82, 2.24) is 5.32 Å². The quantitative estimate of drug-likeness (QED) is 0.614. The first-order valence-corrected chi connectivity index (χ1v) is 11.5. The van der Waals surface area contributed by atoms with Crippen molar-refractivity contribution in [3.8, 4) is 0 Å². The molecule has 2 amide bonds. The average molecular weight is 439 g/mol. The van der Waals surface area contributed by atoms with E-state index in [0.717, 1.165) is 11.1 Å². The van der Waals surface area contributed by atoms with Crippen molar-refractivity contribution in [2.75, 3.05) is 22.4 Å². The van der Waals surface area contributed by atoms with Gasteiger partial charge in [-0.3, -0.25) is 13.9 Å². The number of nitrogens with zero attached hydrogens (tertiary/aromatic N) is 1. The first kappa shape index (κ1) is 20.7. The van der Waals surface area contributed by atoms with E-state index in [-0.39, 0.29) is 24.1 Å². The van der Waals surface area contributed by atoms with Crippen LogP contribution in [0.1, 0.15) is 32.0 Å². The van der Waals surface area contributed by atoms with Gasteiger partial charge < -0.3 is 15.1 Å². The van der Waals surface area contributed by atoms with Gasteiger partial charge in [0, 0.05) is 24.3 Å². The summed E-state index contributed by atoms with van der Waals surface area (Å²) in [5.41, 5.74) is 3.33. The number of furan rings is 1. The number of anilines is 2. The minimum absolute atomic E-state index is 0.213. The maximum absolute atomic E-state index is 12.6. The van der Waals surface area contributed by atoms with Crippen molar-refractivity contribution < 1.29 is 22.4 Å². The van der Waals surface area contributed by atoms with Crippen LogP contribution >= 0.6 is 0 Å². The summed E-state index contributed by atoms with van der Waals surface area (Å²) in [5.74, 6) is -0.400. The maximum Gasteiger partial charge on any atom is 0.291 e. The van der Waals surface area contributed by atoms with Crippen LogP contribution in [0.5, 0.6) is 0 Å². The van der Waals surface area contributed by atoms with Crippen LogP contribution in [0, 0.1) is 0 Å². The highest BCUT2D eigenvalue weighted by molar-refractivity contribution is 7.92. The second-order valence-corrected chi connectivity index (χ2v) is 9.15. The normalized spacial score (nSPS) is 13.0. The van der Waals surface area contributed by atoms with Gasteiger partial charge in [0.1, 0.15) is 0 Å².